The number of rotatable bonds is 9. The molecule has 14 heteroatoms. The van der Waals surface area contributed by atoms with Gasteiger partial charge in [0.1, 0.15) is 29.2 Å². The maximum atomic E-state index is 14.3. The highest BCUT2D eigenvalue weighted by molar-refractivity contribution is 7.91. The average Bonchev–Trinajstić information content (AvgIpc) is 4.07. The number of amides is 3. The first-order valence-electron chi connectivity index (χ1n) is 18.3. The number of carbonyl (C=O) groups is 4. The zero-order valence-electron chi connectivity index (χ0n) is 29.5. The Labute approximate surface area is 308 Å². The molecule has 0 spiro atoms. The minimum atomic E-state index is -3.89. The lowest BCUT2D eigenvalue weighted by molar-refractivity contribution is -0.147. The van der Waals surface area contributed by atoms with E-state index in [0.717, 1.165) is 18.4 Å². The molecule has 4 aliphatic rings. The van der Waals surface area contributed by atoms with Crippen molar-refractivity contribution in [2.24, 2.45) is 11.8 Å². The molecular weight excluding hydrogens is 701 g/mol. The molecule has 13 nitrogen and oxygen atoms in total. The van der Waals surface area contributed by atoms with Gasteiger partial charge < -0.3 is 24.8 Å². The van der Waals surface area contributed by atoms with Crippen molar-refractivity contribution in [2.75, 3.05) is 13.7 Å². The van der Waals surface area contributed by atoms with Crippen LogP contribution < -0.4 is 19.5 Å². The molecule has 0 bridgehead atoms. The number of carbonyl (C=O) groups excluding carboxylic acids is 3. The second kappa shape index (κ2) is 14.8. The summed E-state index contributed by atoms with van der Waals surface area (Å²) in [7, 11) is -2.33. The third-order valence-electron chi connectivity index (χ3n) is 10.7. The Balaban J connectivity index is 1.22. The summed E-state index contributed by atoms with van der Waals surface area (Å²) >= 11 is 0. The number of methoxy groups -OCH3 is 1. The Morgan fingerprint density at radius 1 is 1.06 bits per heavy atom. The van der Waals surface area contributed by atoms with E-state index in [2.05, 4.69) is 10.0 Å². The van der Waals surface area contributed by atoms with E-state index in [4.69, 9.17) is 14.5 Å². The first-order chi connectivity index (χ1) is 25.5. The zero-order valence-corrected chi connectivity index (χ0v) is 30.3. The van der Waals surface area contributed by atoms with Crippen LogP contribution in [-0.2, 0) is 29.2 Å². The summed E-state index contributed by atoms with van der Waals surface area (Å²) in [5, 5.41) is 12.7. The number of aromatic nitrogens is 1. The number of nitrogens with one attached hydrogen (secondary N) is 2. The molecule has 3 amide bonds. The number of carboxylic acid groups (broad SMARTS) is 1. The van der Waals surface area contributed by atoms with E-state index in [1.54, 1.807) is 19.2 Å². The van der Waals surface area contributed by atoms with Crippen LogP contribution in [0.1, 0.15) is 64.2 Å². The van der Waals surface area contributed by atoms with E-state index < -0.39 is 68.5 Å². The SMILES string of the molecule is COc1ccc2c(O[C@@H]3C[C@H]4C(=O)N[C@]5(C(=O)NS(=O)(=O)C6CC6)C[C@H]5/C=C\CCCCC[C@H](CC(=O)O)C(=O)N4C3)cc(-c3ccccc3)nc2c1. The number of nitrogens with zero attached hydrogens (tertiary/aromatic N) is 2. The van der Waals surface area contributed by atoms with E-state index in [9.17, 15) is 32.7 Å². The molecular formula is C39H44N4O9S. The second-order valence-corrected chi connectivity index (χ2v) is 16.5. The molecule has 5 atom stereocenters. The highest BCUT2D eigenvalue weighted by atomic mass is 32.2. The van der Waals surface area contributed by atoms with Crippen LogP contribution in [0, 0.1) is 11.8 Å². The minimum Gasteiger partial charge on any atom is -0.497 e. The largest absolute Gasteiger partial charge is 0.497 e. The molecule has 0 radical (unpaired) electrons. The van der Waals surface area contributed by atoms with Gasteiger partial charge in [0.05, 0.1) is 36.5 Å². The molecule has 2 aliphatic carbocycles. The maximum Gasteiger partial charge on any atom is 0.304 e. The minimum absolute atomic E-state index is 0.00767. The summed E-state index contributed by atoms with van der Waals surface area (Å²) in [4.78, 5) is 60.5. The van der Waals surface area contributed by atoms with Crippen molar-refractivity contribution >= 4 is 44.6 Å². The van der Waals surface area contributed by atoms with Gasteiger partial charge >= 0.3 is 5.97 Å². The first-order valence-corrected chi connectivity index (χ1v) is 19.8. The van der Waals surface area contributed by atoms with Crippen LogP contribution in [0.25, 0.3) is 22.2 Å². The summed E-state index contributed by atoms with van der Waals surface area (Å²) in [6.07, 6.45) is 7.13. The van der Waals surface area contributed by atoms with Gasteiger partial charge in [0.2, 0.25) is 21.8 Å². The fourth-order valence-corrected chi connectivity index (χ4v) is 8.89. The molecule has 3 N–H and O–H groups in total. The number of ether oxygens (including phenoxy) is 2. The number of sulfonamides is 1. The molecule has 7 rings (SSSR count). The molecule has 2 aliphatic heterocycles. The Hall–Kier alpha value is -4.98. The Bertz CT molecular complexity index is 2050. The second-order valence-electron chi connectivity index (χ2n) is 14.5. The predicted octanol–water partition coefficient (Wildman–Crippen LogP) is 4.35. The van der Waals surface area contributed by atoms with Gasteiger partial charge in [-0.25, -0.2) is 13.4 Å². The standard InChI is InChI=1S/C39H44N4O9S/c1-51-27-14-17-30-32(19-27)40-31(24-10-7-5-8-11-24)21-34(30)52-28-20-33-36(46)41-39(38(48)42-53(49,50)29-15-16-29)22-26(39)13-9-4-2-3-6-12-25(18-35(44)45)37(47)43(33)23-28/h5,7-11,13-14,17,19,21,25-26,28-29,33H,2-4,6,12,15-16,18,20,22-23H2,1H3,(H,41,46)(H,42,48)(H,44,45)/b13-9-/t25-,26-,28-,33+,39-/m1/s1. The summed E-state index contributed by atoms with van der Waals surface area (Å²) in [5.74, 6) is -3.21. The van der Waals surface area contributed by atoms with Gasteiger partial charge in [0.25, 0.3) is 5.91 Å². The van der Waals surface area contributed by atoms with E-state index in [-0.39, 0.29) is 25.8 Å². The first kappa shape index (κ1) is 36.4. The molecule has 2 aromatic carbocycles. The smallest absolute Gasteiger partial charge is 0.304 e. The van der Waals surface area contributed by atoms with E-state index in [1.165, 1.54) is 4.90 Å². The number of pyridine rings is 1. The van der Waals surface area contributed by atoms with Crippen molar-refractivity contribution in [3.05, 3.63) is 66.7 Å². The number of fused-ring (bicyclic) bond motifs is 3. The van der Waals surface area contributed by atoms with Gasteiger partial charge in [-0.05, 0) is 50.7 Å². The molecule has 53 heavy (non-hydrogen) atoms. The van der Waals surface area contributed by atoms with Crippen LogP contribution >= 0.6 is 0 Å². The quantitative estimate of drug-likeness (QED) is 0.267. The highest BCUT2D eigenvalue weighted by Crippen LogP contribution is 2.46. The summed E-state index contributed by atoms with van der Waals surface area (Å²) < 4.78 is 39.9. The van der Waals surface area contributed by atoms with E-state index in [0.29, 0.717) is 60.2 Å². The van der Waals surface area contributed by atoms with Crippen LogP contribution in [0.3, 0.4) is 0 Å². The lowest BCUT2D eigenvalue weighted by atomic mass is 9.95. The fraction of sp³-hybridized carbons (Fsp3) is 0.462. The van der Waals surface area contributed by atoms with Crippen LogP contribution in [0.4, 0.5) is 0 Å². The monoisotopic (exact) mass is 744 g/mol. The number of benzene rings is 2. The lowest BCUT2D eigenvalue weighted by Crippen LogP contribution is -2.57. The van der Waals surface area contributed by atoms with Gasteiger partial charge in [-0.15, -0.1) is 0 Å². The maximum absolute atomic E-state index is 14.3. The molecule has 280 valence electrons. The highest BCUT2D eigenvalue weighted by Gasteiger charge is 2.62. The fourth-order valence-electron chi connectivity index (χ4n) is 7.53. The molecule has 3 heterocycles. The number of carboxylic acids is 1. The average molecular weight is 745 g/mol. The molecule has 3 aromatic rings. The van der Waals surface area contributed by atoms with E-state index >= 15 is 0 Å². The van der Waals surface area contributed by atoms with Crippen LogP contribution in [-0.4, -0.2) is 83.7 Å². The third kappa shape index (κ3) is 7.87. The molecule has 1 aromatic heterocycles. The summed E-state index contributed by atoms with van der Waals surface area (Å²) in [6, 6.07) is 15.7. The predicted molar refractivity (Wildman–Crippen MR) is 195 cm³/mol. The number of hydrogen-bond acceptors (Lipinski definition) is 9. The number of hydrogen-bond donors (Lipinski definition) is 3. The lowest BCUT2D eigenvalue weighted by Gasteiger charge is -2.29. The van der Waals surface area contributed by atoms with Crippen LogP contribution in [0.5, 0.6) is 11.5 Å². The number of allylic oxidation sites excluding steroid dienone is 1. The van der Waals surface area contributed by atoms with Gasteiger partial charge in [0, 0.05) is 41.3 Å². The van der Waals surface area contributed by atoms with Crippen molar-refractivity contribution in [3.8, 4) is 22.8 Å². The molecule has 3 fully saturated rings. The zero-order chi connectivity index (χ0) is 37.3. The van der Waals surface area contributed by atoms with E-state index in [1.807, 2.05) is 54.6 Å². The normalized spacial score (nSPS) is 27.0. The molecule has 2 saturated carbocycles. The molecule has 0 unspecified atom stereocenters. The van der Waals surface area contributed by atoms with Crippen LogP contribution in [0.15, 0.2) is 66.7 Å². The molecule has 1 saturated heterocycles. The van der Waals surface area contributed by atoms with Crippen LogP contribution in [0.2, 0.25) is 0 Å². The van der Waals surface area contributed by atoms with Gasteiger partial charge in [-0.2, -0.15) is 0 Å². The van der Waals surface area contributed by atoms with Crippen molar-refractivity contribution in [2.45, 2.75) is 87.1 Å². The van der Waals surface area contributed by atoms with Crippen molar-refractivity contribution < 1.29 is 42.2 Å². The van der Waals surface area contributed by atoms with Gasteiger partial charge in [0.15, 0.2) is 0 Å². The Kier molecular flexibility index (Phi) is 10.2. The Morgan fingerprint density at radius 2 is 1.85 bits per heavy atom. The Morgan fingerprint density at radius 3 is 2.58 bits per heavy atom. The van der Waals surface area contributed by atoms with Gasteiger partial charge in [-0.1, -0.05) is 55.3 Å². The number of aliphatic carboxylic acids is 1. The summed E-state index contributed by atoms with van der Waals surface area (Å²) in [6.45, 7) is -0.00767. The third-order valence-corrected chi connectivity index (χ3v) is 12.5. The van der Waals surface area contributed by atoms with Crippen molar-refractivity contribution in [1.82, 2.24) is 19.9 Å². The summed E-state index contributed by atoms with van der Waals surface area (Å²) in [5.41, 5.74) is 0.610. The van der Waals surface area contributed by atoms with Crippen molar-refractivity contribution in [3.63, 3.8) is 0 Å². The van der Waals surface area contributed by atoms with Gasteiger partial charge in [-0.3, -0.25) is 23.9 Å². The van der Waals surface area contributed by atoms with Crippen molar-refractivity contribution in [1.29, 1.82) is 0 Å². The topological polar surface area (TPSA) is 181 Å².